The van der Waals surface area contributed by atoms with Crippen LogP contribution < -0.4 is 0 Å². The van der Waals surface area contributed by atoms with Crippen LogP contribution in [0.25, 0.3) is 28.0 Å². The zero-order valence-corrected chi connectivity index (χ0v) is 12.4. The molecule has 2 heterocycles. The Labute approximate surface area is 127 Å². The Kier molecular flexibility index (Phi) is 2.79. The number of hydrogen-bond acceptors (Lipinski definition) is 3. The highest BCUT2D eigenvalue weighted by atomic mass is 15.5. The Hall–Kier alpha value is -2.95. The van der Waals surface area contributed by atoms with Gasteiger partial charge in [-0.2, -0.15) is 4.68 Å². The van der Waals surface area contributed by atoms with Crippen LogP contribution in [-0.4, -0.2) is 25.2 Å². The molecule has 4 aromatic rings. The smallest absolute Gasteiger partial charge is 0.189 e. The van der Waals surface area contributed by atoms with Crippen molar-refractivity contribution in [3.05, 3.63) is 59.8 Å². The molecule has 0 bridgehead atoms. The zero-order chi connectivity index (χ0) is 15.1. The minimum Gasteiger partial charge on any atom is -0.360 e. The van der Waals surface area contributed by atoms with Crippen molar-refractivity contribution in [3.8, 4) is 17.1 Å². The van der Waals surface area contributed by atoms with E-state index in [-0.39, 0.29) is 0 Å². The minimum absolute atomic E-state index is 0.737. The van der Waals surface area contributed by atoms with Crippen molar-refractivity contribution in [1.82, 2.24) is 25.2 Å². The van der Waals surface area contributed by atoms with Crippen LogP contribution in [0.3, 0.4) is 0 Å². The molecule has 0 fully saturated rings. The number of tetrazole rings is 1. The van der Waals surface area contributed by atoms with E-state index in [0.717, 1.165) is 28.0 Å². The van der Waals surface area contributed by atoms with Gasteiger partial charge in [-0.3, -0.25) is 0 Å². The van der Waals surface area contributed by atoms with Crippen molar-refractivity contribution < 1.29 is 0 Å². The molecule has 0 saturated carbocycles. The van der Waals surface area contributed by atoms with E-state index >= 15 is 0 Å². The fourth-order valence-electron chi connectivity index (χ4n) is 2.63. The van der Waals surface area contributed by atoms with E-state index in [0.29, 0.717) is 0 Å². The number of rotatable bonds is 2. The molecule has 0 saturated heterocycles. The molecular weight excluding hydrogens is 274 g/mol. The average molecular weight is 289 g/mol. The van der Waals surface area contributed by atoms with E-state index in [4.69, 9.17) is 0 Å². The Bertz CT molecular complexity index is 947. The number of aromatic amines is 1. The summed E-state index contributed by atoms with van der Waals surface area (Å²) in [6.07, 6.45) is 1.96. The number of nitrogens with one attached hydrogen (secondary N) is 1. The third-order valence-electron chi connectivity index (χ3n) is 3.83. The lowest BCUT2D eigenvalue weighted by Crippen LogP contribution is -1.99. The Morgan fingerprint density at radius 1 is 0.955 bits per heavy atom. The van der Waals surface area contributed by atoms with Crippen LogP contribution in [0.5, 0.6) is 0 Å². The van der Waals surface area contributed by atoms with E-state index in [1.165, 1.54) is 11.1 Å². The first kappa shape index (κ1) is 12.8. The Morgan fingerprint density at radius 3 is 2.55 bits per heavy atom. The molecule has 0 aliphatic rings. The third kappa shape index (κ3) is 1.98. The van der Waals surface area contributed by atoms with E-state index in [9.17, 15) is 0 Å². The number of fused-ring (bicyclic) bond motifs is 1. The van der Waals surface area contributed by atoms with Gasteiger partial charge in [0.05, 0.1) is 5.69 Å². The van der Waals surface area contributed by atoms with Gasteiger partial charge >= 0.3 is 0 Å². The Balaban J connectivity index is 1.91. The van der Waals surface area contributed by atoms with Crippen molar-refractivity contribution >= 4 is 10.9 Å². The Morgan fingerprint density at radius 2 is 1.73 bits per heavy atom. The molecule has 0 aliphatic heterocycles. The first-order valence-corrected chi connectivity index (χ1v) is 7.16. The predicted molar refractivity (Wildman–Crippen MR) is 85.9 cm³/mol. The maximum atomic E-state index is 4.22. The summed E-state index contributed by atoms with van der Waals surface area (Å²) >= 11 is 0. The van der Waals surface area contributed by atoms with Gasteiger partial charge in [-0.1, -0.05) is 29.3 Å². The monoisotopic (exact) mass is 289 g/mol. The van der Waals surface area contributed by atoms with Crippen LogP contribution >= 0.6 is 0 Å². The zero-order valence-electron chi connectivity index (χ0n) is 12.4. The molecule has 2 aromatic carbocycles. The summed E-state index contributed by atoms with van der Waals surface area (Å²) in [4.78, 5) is 3.28. The van der Waals surface area contributed by atoms with Gasteiger partial charge in [0, 0.05) is 22.7 Å². The van der Waals surface area contributed by atoms with E-state index in [1.54, 1.807) is 4.68 Å². The molecule has 0 atom stereocenters. The molecule has 0 radical (unpaired) electrons. The van der Waals surface area contributed by atoms with E-state index < -0.39 is 0 Å². The van der Waals surface area contributed by atoms with Gasteiger partial charge in [-0.25, -0.2) is 0 Å². The lowest BCUT2D eigenvalue weighted by atomic mass is 10.1. The summed E-state index contributed by atoms with van der Waals surface area (Å²) in [6, 6.07) is 14.5. The number of aryl methyl sites for hydroxylation is 2. The van der Waals surface area contributed by atoms with Gasteiger partial charge < -0.3 is 4.98 Å². The first-order chi connectivity index (χ1) is 10.7. The number of H-pyrrole nitrogens is 1. The molecule has 0 unspecified atom stereocenters. The summed E-state index contributed by atoms with van der Waals surface area (Å²) in [7, 11) is 0. The second-order valence-electron chi connectivity index (χ2n) is 5.50. The maximum Gasteiger partial charge on any atom is 0.189 e. The van der Waals surface area contributed by atoms with Crippen molar-refractivity contribution in [3.63, 3.8) is 0 Å². The summed E-state index contributed by atoms with van der Waals surface area (Å²) < 4.78 is 1.77. The van der Waals surface area contributed by atoms with Gasteiger partial charge in [0.25, 0.3) is 0 Å². The first-order valence-electron chi connectivity index (χ1n) is 7.16. The highest BCUT2D eigenvalue weighted by molar-refractivity contribution is 5.94. The summed E-state index contributed by atoms with van der Waals surface area (Å²) in [5.41, 5.74) is 5.46. The molecule has 2 aromatic heterocycles. The third-order valence-corrected chi connectivity index (χ3v) is 3.83. The van der Waals surface area contributed by atoms with E-state index in [1.807, 2.05) is 18.3 Å². The number of benzene rings is 2. The summed E-state index contributed by atoms with van der Waals surface area (Å²) in [5.74, 6) is 0.737. The largest absolute Gasteiger partial charge is 0.360 e. The second-order valence-corrected chi connectivity index (χ2v) is 5.50. The molecule has 108 valence electrons. The predicted octanol–water partition coefficient (Wildman–Crippen LogP) is 3.43. The lowest BCUT2D eigenvalue weighted by molar-refractivity contribution is 0.791. The minimum atomic E-state index is 0.737. The topological polar surface area (TPSA) is 59.4 Å². The molecular formula is C17H15N5. The quantitative estimate of drug-likeness (QED) is 0.615. The summed E-state index contributed by atoms with van der Waals surface area (Å²) in [6.45, 7) is 4.14. The van der Waals surface area contributed by atoms with Crippen molar-refractivity contribution in [2.24, 2.45) is 0 Å². The van der Waals surface area contributed by atoms with Crippen LogP contribution in [0.4, 0.5) is 0 Å². The highest BCUT2D eigenvalue weighted by Crippen LogP contribution is 2.28. The van der Waals surface area contributed by atoms with Gasteiger partial charge in [-0.05, 0) is 48.5 Å². The normalized spacial score (nSPS) is 11.2. The number of nitrogens with zero attached hydrogens (tertiary/aromatic N) is 4. The molecule has 0 aliphatic carbocycles. The molecule has 4 rings (SSSR count). The van der Waals surface area contributed by atoms with Gasteiger partial charge in [0.2, 0.25) is 0 Å². The molecule has 5 heteroatoms. The van der Waals surface area contributed by atoms with Gasteiger partial charge in [-0.15, -0.1) is 5.10 Å². The standard InChI is InChI=1S/C17H15N5/c1-11-3-6-13(7-4-11)22-17(19-20-21-22)15-10-18-16-8-5-12(2)9-14(15)16/h3-10,18H,1-2H3. The average Bonchev–Trinajstić information content (AvgIpc) is 3.13. The number of aromatic nitrogens is 5. The molecule has 1 N–H and O–H groups in total. The van der Waals surface area contributed by atoms with Gasteiger partial charge in [0.1, 0.15) is 0 Å². The molecule has 0 amide bonds. The van der Waals surface area contributed by atoms with Crippen molar-refractivity contribution in [2.45, 2.75) is 13.8 Å². The van der Waals surface area contributed by atoms with Crippen LogP contribution in [0.15, 0.2) is 48.7 Å². The highest BCUT2D eigenvalue weighted by Gasteiger charge is 2.15. The molecule has 0 spiro atoms. The SMILES string of the molecule is Cc1ccc(-n2nnnc2-c2c[nH]c3ccc(C)cc23)cc1. The second kappa shape index (κ2) is 4.80. The van der Waals surface area contributed by atoms with Crippen molar-refractivity contribution in [2.75, 3.05) is 0 Å². The summed E-state index contributed by atoms with van der Waals surface area (Å²) in [5, 5.41) is 13.3. The lowest BCUT2D eigenvalue weighted by Gasteiger charge is -2.04. The van der Waals surface area contributed by atoms with Crippen LogP contribution in [-0.2, 0) is 0 Å². The van der Waals surface area contributed by atoms with Crippen LogP contribution in [0, 0.1) is 13.8 Å². The fraction of sp³-hybridized carbons (Fsp3) is 0.118. The number of hydrogen-bond donors (Lipinski definition) is 1. The van der Waals surface area contributed by atoms with Gasteiger partial charge in [0.15, 0.2) is 5.82 Å². The fourth-order valence-corrected chi connectivity index (χ4v) is 2.63. The maximum absolute atomic E-state index is 4.22. The van der Waals surface area contributed by atoms with E-state index in [2.05, 4.69) is 64.7 Å². The van der Waals surface area contributed by atoms with Crippen LogP contribution in [0.1, 0.15) is 11.1 Å². The van der Waals surface area contributed by atoms with Crippen LogP contribution in [0.2, 0.25) is 0 Å². The molecule has 22 heavy (non-hydrogen) atoms. The molecule has 5 nitrogen and oxygen atoms in total. The van der Waals surface area contributed by atoms with Crippen molar-refractivity contribution in [1.29, 1.82) is 0 Å².